The number of hydrogen-bond donors (Lipinski definition) is 2. The van der Waals surface area contributed by atoms with E-state index < -0.39 is 5.60 Å². The summed E-state index contributed by atoms with van der Waals surface area (Å²) in [4.78, 5) is 46.3. The normalized spacial score (nSPS) is 13.9. The van der Waals surface area contributed by atoms with E-state index in [0.29, 0.717) is 47.8 Å². The largest absolute Gasteiger partial charge is 0.386 e. The van der Waals surface area contributed by atoms with Gasteiger partial charge in [-0.2, -0.15) is 9.50 Å². The highest BCUT2D eigenvalue weighted by Crippen LogP contribution is 2.27. The van der Waals surface area contributed by atoms with Crippen LogP contribution in [0, 0.1) is 19.8 Å². The molecule has 0 atom stereocenters. The lowest BCUT2D eigenvalue weighted by molar-refractivity contribution is -0.134. The predicted molar refractivity (Wildman–Crippen MR) is 166 cm³/mol. The lowest BCUT2D eigenvalue weighted by Gasteiger charge is -2.28. The molecule has 5 rings (SSSR count). The molecule has 2 aromatic heterocycles. The van der Waals surface area contributed by atoms with E-state index >= 15 is 0 Å². The van der Waals surface area contributed by atoms with Crippen molar-refractivity contribution in [2.45, 2.75) is 60.1 Å². The van der Waals surface area contributed by atoms with Gasteiger partial charge in [0.25, 0.3) is 5.56 Å². The third kappa shape index (κ3) is 6.15. The van der Waals surface area contributed by atoms with Crippen LogP contribution in [0.5, 0.6) is 0 Å². The maximum atomic E-state index is 14.0. The summed E-state index contributed by atoms with van der Waals surface area (Å²) >= 11 is 0. The SMILES string of the molecule is Cc1ccc(NC(=O)Cn2c(C)c(C3=CCN(C(=O)C(C)C)CC3)c(=O)n3nc(-c4ccc(C(C)(C)O)cc4)nc23)cc1. The summed E-state index contributed by atoms with van der Waals surface area (Å²) in [6.45, 7) is 11.8. The van der Waals surface area contributed by atoms with Gasteiger partial charge in [0.15, 0.2) is 5.82 Å². The minimum atomic E-state index is -1.00. The van der Waals surface area contributed by atoms with Crippen LogP contribution < -0.4 is 10.9 Å². The molecule has 224 valence electrons. The molecule has 1 aliphatic rings. The van der Waals surface area contributed by atoms with Gasteiger partial charge in [0.1, 0.15) is 6.54 Å². The van der Waals surface area contributed by atoms with Crippen molar-refractivity contribution in [3.8, 4) is 11.4 Å². The molecule has 10 nitrogen and oxygen atoms in total. The zero-order chi connectivity index (χ0) is 31.1. The van der Waals surface area contributed by atoms with Gasteiger partial charge < -0.3 is 19.9 Å². The second-order valence-corrected chi connectivity index (χ2v) is 12.0. The molecule has 43 heavy (non-hydrogen) atoms. The lowest BCUT2D eigenvalue weighted by Crippen LogP contribution is -2.38. The fraction of sp³-hybridized carbons (Fsp3) is 0.364. The number of aromatic nitrogens is 4. The molecule has 10 heteroatoms. The van der Waals surface area contributed by atoms with Crippen LogP contribution in [-0.2, 0) is 21.7 Å². The minimum Gasteiger partial charge on any atom is -0.386 e. The zero-order valence-corrected chi connectivity index (χ0v) is 25.5. The average molecular weight is 583 g/mol. The van der Waals surface area contributed by atoms with Crippen molar-refractivity contribution in [3.05, 3.63) is 87.3 Å². The fourth-order valence-corrected chi connectivity index (χ4v) is 5.31. The van der Waals surface area contributed by atoms with Gasteiger partial charge in [-0.05, 0) is 57.4 Å². The first kappa shape index (κ1) is 29.9. The van der Waals surface area contributed by atoms with E-state index in [2.05, 4.69) is 10.4 Å². The molecule has 0 saturated heterocycles. The quantitative estimate of drug-likeness (QED) is 0.335. The Hall–Kier alpha value is -4.57. The topological polar surface area (TPSA) is 122 Å². The van der Waals surface area contributed by atoms with Crippen LogP contribution in [-0.4, -0.2) is 54.1 Å². The first-order valence-electron chi connectivity index (χ1n) is 14.5. The molecule has 0 fully saturated rings. The van der Waals surface area contributed by atoms with Crippen molar-refractivity contribution in [3.63, 3.8) is 0 Å². The van der Waals surface area contributed by atoms with Crippen LogP contribution >= 0.6 is 0 Å². The van der Waals surface area contributed by atoms with E-state index in [4.69, 9.17) is 4.98 Å². The number of aryl methyl sites for hydroxylation is 1. The first-order valence-corrected chi connectivity index (χ1v) is 14.5. The Balaban J connectivity index is 1.59. The molecule has 0 spiro atoms. The van der Waals surface area contributed by atoms with Crippen LogP contribution in [0.15, 0.2) is 59.4 Å². The van der Waals surface area contributed by atoms with Crippen LogP contribution in [0.25, 0.3) is 22.7 Å². The molecule has 0 bridgehead atoms. The molecule has 1 aliphatic heterocycles. The summed E-state index contributed by atoms with van der Waals surface area (Å²) in [5, 5.41) is 17.9. The third-order valence-electron chi connectivity index (χ3n) is 7.83. The average Bonchev–Trinajstić information content (AvgIpc) is 3.42. The van der Waals surface area contributed by atoms with Crippen LogP contribution in [0.3, 0.4) is 0 Å². The Kier molecular flexibility index (Phi) is 8.07. The molecular formula is C33H38N6O4. The Labute approximate surface area is 250 Å². The van der Waals surface area contributed by atoms with Gasteiger partial charge in [-0.3, -0.25) is 14.4 Å². The number of benzene rings is 2. The minimum absolute atomic E-state index is 0.0733. The molecule has 0 radical (unpaired) electrons. The van der Waals surface area contributed by atoms with E-state index in [1.807, 2.05) is 58.0 Å². The highest BCUT2D eigenvalue weighted by Gasteiger charge is 2.26. The molecule has 0 saturated carbocycles. The van der Waals surface area contributed by atoms with Gasteiger partial charge in [0.05, 0.1) is 11.2 Å². The van der Waals surface area contributed by atoms with Gasteiger partial charge in [0, 0.05) is 36.0 Å². The fourth-order valence-electron chi connectivity index (χ4n) is 5.31. The summed E-state index contributed by atoms with van der Waals surface area (Å²) in [7, 11) is 0. The van der Waals surface area contributed by atoms with Crippen LogP contribution in [0.2, 0.25) is 0 Å². The first-order chi connectivity index (χ1) is 20.3. The van der Waals surface area contributed by atoms with E-state index in [-0.39, 0.29) is 35.6 Å². The van der Waals surface area contributed by atoms with Crippen molar-refractivity contribution in [2.24, 2.45) is 5.92 Å². The third-order valence-corrected chi connectivity index (χ3v) is 7.83. The smallest absolute Gasteiger partial charge is 0.283 e. The molecule has 0 aliphatic carbocycles. The van der Waals surface area contributed by atoms with Gasteiger partial charge in [-0.15, -0.1) is 5.10 Å². The number of amides is 2. The zero-order valence-electron chi connectivity index (χ0n) is 25.5. The molecule has 2 N–H and O–H groups in total. The van der Waals surface area contributed by atoms with E-state index in [1.54, 1.807) is 47.6 Å². The Morgan fingerprint density at radius 3 is 2.30 bits per heavy atom. The Bertz CT molecular complexity index is 1770. The maximum Gasteiger partial charge on any atom is 0.283 e. The molecular weight excluding hydrogens is 544 g/mol. The van der Waals surface area contributed by atoms with Crippen molar-refractivity contribution in [2.75, 3.05) is 18.4 Å². The number of rotatable bonds is 7. The number of nitrogens with zero attached hydrogens (tertiary/aromatic N) is 5. The van der Waals surface area contributed by atoms with Crippen molar-refractivity contribution < 1.29 is 14.7 Å². The van der Waals surface area contributed by atoms with Gasteiger partial charge >= 0.3 is 0 Å². The van der Waals surface area contributed by atoms with Crippen LogP contribution in [0.4, 0.5) is 5.69 Å². The number of aliphatic hydroxyl groups is 1. The second-order valence-electron chi connectivity index (χ2n) is 12.0. The van der Waals surface area contributed by atoms with E-state index in [0.717, 1.165) is 16.7 Å². The molecule has 2 amide bonds. The molecule has 2 aromatic carbocycles. The summed E-state index contributed by atoms with van der Waals surface area (Å²) in [6.07, 6.45) is 2.43. The number of nitrogens with one attached hydrogen (secondary N) is 1. The van der Waals surface area contributed by atoms with Gasteiger partial charge in [-0.1, -0.05) is 61.9 Å². The van der Waals surface area contributed by atoms with Crippen molar-refractivity contribution in [1.82, 2.24) is 24.1 Å². The summed E-state index contributed by atoms with van der Waals surface area (Å²) in [6, 6.07) is 14.7. The lowest BCUT2D eigenvalue weighted by atomic mass is 9.97. The van der Waals surface area contributed by atoms with Crippen molar-refractivity contribution >= 4 is 28.9 Å². The van der Waals surface area contributed by atoms with Gasteiger partial charge in [0.2, 0.25) is 17.6 Å². The van der Waals surface area contributed by atoms with Crippen molar-refractivity contribution in [1.29, 1.82) is 0 Å². The summed E-state index contributed by atoms with van der Waals surface area (Å²) in [5.74, 6) is 0.274. The highest BCUT2D eigenvalue weighted by atomic mass is 16.3. The summed E-state index contributed by atoms with van der Waals surface area (Å²) < 4.78 is 2.97. The monoisotopic (exact) mass is 582 g/mol. The highest BCUT2D eigenvalue weighted by molar-refractivity contribution is 5.91. The van der Waals surface area contributed by atoms with Gasteiger partial charge in [-0.25, -0.2) is 0 Å². The molecule has 3 heterocycles. The Morgan fingerprint density at radius 2 is 1.72 bits per heavy atom. The predicted octanol–water partition coefficient (Wildman–Crippen LogP) is 4.31. The number of hydrogen-bond acceptors (Lipinski definition) is 6. The Morgan fingerprint density at radius 1 is 1.05 bits per heavy atom. The number of anilines is 1. The second kappa shape index (κ2) is 11.6. The summed E-state index contributed by atoms with van der Waals surface area (Å²) in [5.41, 5.74) is 3.71. The molecule has 0 unspecified atom stereocenters. The number of carbonyl (C=O) groups excluding carboxylic acids is 2. The van der Waals surface area contributed by atoms with E-state index in [1.165, 1.54) is 4.52 Å². The number of fused-ring (bicyclic) bond motifs is 1. The van der Waals surface area contributed by atoms with E-state index in [9.17, 15) is 19.5 Å². The molecule has 4 aromatic rings. The van der Waals surface area contributed by atoms with Crippen LogP contribution in [0.1, 0.15) is 56.5 Å². The standard InChI is InChI=1S/C33H38N6O4/c1-20(2)30(41)37-17-15-23(16-18-37)28-22(4)38(19-27(40)34-26-13-7-21(3)8-14-26)32-35-29(36-39(32)31(28)42)24-9-11-25(12-10-24)33(5,6)43/h7-15,20,43H,16-19H2,1-6H3,(H,34,40). The maximum absolute atomic E-state index is 14.0. The number of carbonyl (C=O) groups is 2.